The molecule has 2 fully saturated rings. The minimum Gasteiger partial charge on any atom is -0.316 e. The topological polar surface area (TPSA) is 66.5 Å². The van der Waals surface area contributed by atoms with E-state index in [4.69, 9.17) is 0 Å². The SMILES string of the molecule is CC(=O)C(C)(C(=O)N(C)C(=O)C1CC1)C1CCNC1. The minimum absolute atomic E-state index is 0.00754. The van der Waals surface area contributed by atoms with Crippen LogP contribution in [0.15, 0.2) is 0 Å². The lowest BCUT2D eigenvalue weighted by Crippen LogP contribution is -2.51. The van der Waals surface area contributed by atoms with Gasteiger partial charge < -0.3 is 5.32 Å². The van der Waals surface area contributed by atoms with E-state index in [0.29, 0.717) is 6.54 Å². The molecule has 1 aliphatic heterocycles. The Morgan fingerprint density at radius 1 is 1.21 bits per heavy atom. The third-order valence-electron chi connectivity index (χ3n) is 4.61. The van der Waals surface area contributed by atoms with Crippen molar-refractivity contribution in [3.05, 3.63) is 0 Å². The molecule has 5 nitrogen and oxygen atoms in total. The van der Waals surface area contributed by atoms with Crippen LogP contribution in [-0.2, 0) is 14.4 Å². The molecule has 2 rings (SSSR count). The van der Waals surface area contributed by atoms with Crippen LogP contribution in [0.3, 0.4) is 0 Å². The largest absolute Gasteiger partial charge is 0.316 e. The Balaban J connectivity index is 2.20. The van der Waals surface area contributed by atoms with Crippen LogP contribution >= 0.6 is 0 Å². The number of Topliss-reactive ketones (excluding diaryl/α,β-unsaturated/α-hetero) is 1. The molecule has 0 aromatic rings. The van der Waals surface area contributed by atoms with Crippen molar-refractivity contribution < 1.29 is 14.4 Å². The molecule has 1 saturated heterocycles. The van der Waals surface area contributed by atoms with Crippen molar-refractivity contribution in [3.63, 3.8) is 0 Å². The van der Waals surface area contributed by atoms with Crippen LogP contribution in [0, 0.1) is 17.3 Å². The maximum atomic E-state index is 12.6. The fourth-order valence-corrected chi connectivity index (χ4v) is 2.81. The van der Waals surface area contributed by atoms with Crippen LogP contribution in [0.5, 0.6) is 0 Å². The maximum Gasteiger partial charge on any atom is 0.242 e. The van der Waals surface area contributed by atoms with Gasteiger partial charge in [-0.1, -0.05) is 0 Å². The van der Waals surface area contributed by atoms with Gasteiger partial charge in [-0.3, -0.25) is 19.3 Å². The molecular weight excluding hydrogens is 244 g/mol. The average Bonchev–Trinajstić information content (AvgIpc) is 3.09. The number of nitrogens with one attached hydrogen (secondary N) is 1. The molecule has 1 aliphatic carbocycles. The third-order valence-corrected chi connectivity index (χ3v) is 4.61. The maximum absolute atomic E-state index is 12.6. The molecule has 2 unspecified atom stereocenters. The van der Waals surface area contributed by atoms with E-state index >= 15 is 0 Å². The molecule has 0 radical (unpaired) electrons. The highest BCUT2D eigenvalue weighted by Crippen LogP contribution is 2.37. The Hall–Kier alpha value is -1.23. The average molecular weight is 266 g/mol. The van der Waals surface area contributed by atoms with E-state index in [1.807, 2.05) is 0 Å². The molecule has 106 valence electrons. The molecule has 1 saturated carbocycles. The number of nitrogens with zero attached hydrogens (tertiary/aromatic N) is 1. The van der Waals surface area contributed by atoms with Gasteiger partial charge in [0.25, 0.3) is 0 Å². The second kappa shape index (κ2) is 5.04. The van der Waals surface area contributed by atoms with E-state index < -0.39 is 5.41 Å². The van der Waals surface area contributed by atoms with E-state index in [1.165, 1.54) is 18.9 Å². The lowest BCUT2D eigenvalue weighted by atomic mass is 9.72. The standard InChI is InChI=1S/C14H22N2O3/c1-9(17)14(2,11-6-7-15-8-11)13(19)16(3)12(18)10-4-5-10/h10-11,15H,4-8H2,1-3H3. The fourth-order valence-electron chi connectivity index (χ4n) is 2.81. The Morgan fingerprint density at radius 3 is 2.26 bits per heavy atom. The molecule has 0 bridgehead atoms. The van der Waals surface area contributed by atoms with Crippen molar-refractivity contribution in [1.82, 2.24) is 10.2 Å². The van der Waals surface area contributed by atoms with Crippen molar-refractivity contribution in [2.75, 3.05) is 20.1 Å². The third kappa shape index (κ3) is 2.43. The second-order valence-corrected chi connectivity index (χ2v) is 5.92. The fraction of sp³-hybridized carbons (Fsp3) is 0.786. The van der Waals surface area contributed by atoms with Gasteiger partial charge in [-0.15, -0.1) is 0 Å². The summed E-state index contributed by atoms with van der Waals surface area (Å²) < 4.78 is 0. The normalized spacial score (nSPS) is 25.7. The van der Waals surface area contributed by atoms with E-state index in [-0.39, 0.29) is 29.4 Å². The van der Waals surface area contributed by atoms with Crippen LogP contribution in [-0.4, -0.2) is 42.6 Å². The Bertz CT molecular complexity index is 411. The van der Waals surface area contributed by atoms with E-state index in [2.05, 4.69) is 5.32 Å². The van der Waals surface area contributed by atoms with Gasteiger partial charge >= 0.3 is 0 Å². The van der Waals surface area contributed by atoms with Crippen molar-refractivity contribution in [2.24, 2.45) is 17.3 Å². The minimum atomic E-state index is -1.08. The van der Waals surface area contributed by atoms with Gasteiger partial charge in [0.2, 0.25) is 11.8 Å². The number of hydrogen-bond acceptors (Lipinski definition) is 4. The summed E-state index contributed by atoms with van der Waals surface area (Å²) in [5.41, 5.74) is -1.08. The van der Waals surface area contributed by atoms with Gasteiger partial charge in [0, 0.05) is 13.0 Å². The number of imide groups is 1. The first-order valence-corrected chi connectivity index (χ1v) is 6.92. The summed E-state index contributed by atoms with van der Waals surface area (Å²) in [6.07, 6.45) is 2.52. The summed E-state index contributed by atoms with van der Waals surface area (Å²) in [5.74, 6) is -0.658. The van der Waals surface area contributed by atoms with Gasteiger partial charge in [0.1, 0.15) is 11.2 Å². The van der Waals surface area contributed by atoms with Crippen molar-refractivity contribution >= 4 is 17.6 Å². The van der Waals surface area contributed by atoms with Crippen LogP contribution in [0.4, 0.5) is 0 Å². The molecule has 0 spiro atoms. The summed E-state index contributed by atoms with van der Waals surface area (Å²) in [6, 6.07) is 0. The Kier molecular flexibility index (Phi) is 3.76. The second-order valence-electron chi connectivity index (χ2n) is 5.92. The zero-order chi connectivity index (χ0) is 14.2. The van der Waals surface area contributed by atoms with E-state index in [9.17, 15) is 14.4 Å². The summed E-state index contributed by atoms with van der Waals surface area (Å²) >= 11 is 0. The lowest BCUT2D eigenvalue weighted by molar-refractivity contribution is -0.155. The van der Waals surface area contributed by atoms with Crippen LogP contribution < -0.4 is 5.32 Å². The first-order valence-electron chi connectivity index (χ1n) is 6.92. The molecule has 1 heterocycles. The number of ketones is 1. The molecule has 0 aromatic carbocycles. The summed E-state index contributed by atoms with van der Waals surface area (Å²) in [7, 11) is 1.51. The van der Waals surface area contributed by atoms with Crippen molar-refractivity contribution in [3.8, 4) is 0 Å². The molecular formula is C14H22N2O3. The molecule has 2 aliphatic rings. The summed E-state index contributed by atoms with van der Waals surface area (Å²) in [4.78, 5) is 37.8. The van der Waals surface area contributed by atoms with E-state index in [0.717, 1.165) is 25.8 Å². The highest BCUT2D eigenvalue weighted by atomic mass is 16.2. The number of carbonyl (C=O) groups is 3. The predicted molar refractivity (Wildman–Crippen MR) is 70.3 cm³/mol. The Morgan fingerprint density at radius 2 is 1.84 bits per heavy atom. The van der Waals surface area contributed by atoms with Gasteiger partial charge in [0.15, 0.2) is 0 Å². The number of rotatable bonds is 4. The molecule has 1 N–H and O–H groups in total. The highest BCUT2D eigenvalue weighted by Gasteiger charge is 2.49. The first kappa shape index (κ1) is 14.2. The van der Waals surface area contributed by atoms with E-state index in [1.54, 1.807) is 6.92 Å². The molecule has 0 aromatic heterocycles. The van der Waals surface area contributed by atoms with Crippen molar-refractivity contribution in [2.45, 2.75) is 33.1 Å². The smallest absolute Gasteiger partial charge is 0.242 e. The first-order chi connectivity index (χ1) is 8.89. The van der Waals surface area contributed by atoms with Gasteiger partial charge in [-0.05, 0) is 52.1 Å². The van der Waals surface area contributed by atoms with Gasteiger partial charge in [-0.25, -0.2) is 0 Å². The number of hydrogen-bond donors (Lipinski definition) is 1. The van der Waals surface area contributed by atoms with Crippen LogP contribution in [0.2, 0.25) is 0 Å². The zero-order valence-corrected chi connectivity index (χ0v) is 11.9. The monoisotopic (exact) mass is 266 g/mol. The molecule has 5 heteroatoms. The number of amides is 2. The summed E-state index contributed by atoms with van der Waals surface area (Å²) in [6.45, 7) is 4.62. The van der Waals surface area contributed by atoms with Crippen molar-refractivity contribution in [1.29, 1.82) is 0 Å². The molecule has 2 amide bonds. The quantitative estimate of drug-likeness (QED) is 0.756. The molecule has 2 atom stereocenters. The Labute approximate surface area is 113 Å². The lowest BCUT2D eigenvalue weighted by Gasteiger charge is -2.34. The summed E-state index contributed by atoms with van der Waals surface area (Å²) in [5, 5.41) is 3.18. The number of carbonyl (C=O) groups excluding carboxylic acids is 3. The van der Waals surface area contributed by atoms with Gasteiger partial charge in [-0.2, -0.15) is 0 Å². The van der Waals surface area contributed by atoms with Crippen LogP contribution in [0.1, 0.15) is 33.1 Å². The van der Waals surface area contributed by atoms with Crippen LogP contribution in [0.25, 0.3) is 0 Å². The zero-order valence-electron chi connectivity index (χ0n) is 11.9. The van der Waals surface area contributed by atoms with Gasteiger partial charge in [0.05, 0.1) is 0 Å². The predicted octanol–water partition coefficient (Wildman–Crippen LogP) is 0.586. The molecule has 19 heavy (non-hydrogen) atoms. The highest BCUT2D eigenvalue weighted by molar-refractivity contribution is 6.10.